The molecule has 0 aliphatic rings. The Hall–Kier alpha value is -4.13. The van der Waals surface area contributed by atoms with Gasteiger partial charge < -0.3 is 5.32 Å². The lowest BCUT2D eigenvalue weighted by Crippen LogP contribution is -2.05. The Morgan fingerprint density at radius 3 is 2.14 bits per heavy atom. The second-order valence-electron chi connectivity index (χ2n) is 6.11. The third kappa shape index (κ3) is 5.20. The van der Waals surface area contributed by atoms with Crippen LogP contribution in [0.1, 0.15) is 18.1 Å². The lowest BCUT2D eigenvalue weighted by molar-refractivity contribution is -0.385. The third-order valence-corrected chi connectivity index (χ3v) is 3.99. The van der Waals surface area contributed by atoms with Gasteiger partial charge in [-0.3, -0.25) is 14.9 Å². The first-order valence-corrected chi connectivity index (χ1v) is 8.83. The summed E-state index contributed by atoms with van der Waals surface area (Å²) in [5.41, 5.74) is 2.98. The lowest BCUT2D eigenvalue weighted by atomic mass is 10.1. The highest BCUT2D eigenvalue weighted by Gasteiger charge is 2.09. The normalized spacial score (nSPS) is 11.1. The molecule has 0 fully saturated rings. The molecule has 1 N–H and O–H groups in total. The molecule has 144 valence electrons. The van der Waals surface area contributed by atoms with Crippen molar-refractivity contribution < 1.29 is 9.72 Å². The fourth-order valence-electron chi connectivity index (χ4n) is 2.66. The van der Waals surface area contributed by atoms with Gasteiger partial charge in [0.25, 0.3) is 5.69 Å². The first kappa shape index (κ1) is 19.6. The van der Waals surface area contributed by atoms with Crippen LogP contribution in [-0.2, 0) is 4.79 Å². The minimum Gasteiger partial charge on any atom is -0.324 e. The molecule has 0 aromatic heterocycles. The molecule has 0 saturated heterocycles. The van der Waals surface area contributed by atoms with Gasteiger partial charge in [-0.25, -0.2) is 0 Å². The number of hydrogen-bond acceptors (Lipinski definition) is 5. The van der Waals surface area contributed by atoms with Crippen LogP contribution in [0.15, 0.2) is 83.0 Å². The minimum absolute atomic E-state index is 0.0343. The molecule has 3 aromatic rings. The van der Waals surface area contributed by atoms with Crippen LogP contribution < -0.4 is 5.32 Å². The molecule has 0 saturated carbocycles. The van der Waals surface area contributed by atoms with Crippen molar-refractivity contribution >= 4 is 40.8 Å². The number of anilines is 1. The molecule has 0 aliphatic carbocycles. The highest BCUT2D eigenvalue weighted by Crippen LogP contribution is 2.29. The van der Waals surface area contributed by atoms with E-state index in [1.54, 1.807) is 60.7 Å². The van der Waals surface area contributed by atoms with E-state index in [1.807, 2.05) is 18.2 Å². The van der Waals surface area contributed by atoms with Gasteiger partial charge in [-0.2, -0.15) is 0 Å². The van der Waals surface area contributed by atoms with Crippen LogP contribution in [0, 0.1) is 10.1 Å². The van der Waals surface area contributed by atoms with Crippen LogP contribution in [0.2, 0.25) is 0 Å². The van der Waals surface area contributed by atoms with Crippen molar-refractivity contribution in [3.63, 3.8) is 0 Å². The Morgan fingerprint density at radius 2 is 1.41 bits per heavy atom. The van der Waals surface area contributed by atoms with Crippen molar-refractivity contribution in [2.45, 2.75) is 6.92 Å². The van der Waals surface area contributed by atoms with Gasteiger partial charge in [0, 0.05) is 18.6 Å². The van der Waals surface area contributed by atoms with E-state index >= 15 is 0 Å². The average Bonchev–Trinajstić information content (AvgIpc) is 2.72. The Labute approximate surface area is 167 Å². The molecule has 3 rings (SSSR count). The fourth-order valence-corrected chi connectivity index (χ4v) is 2.66. The summed E-state index contributed by atoms with van der Waals surface area (Å²) < 4.78 is 0. The van der Waals surface area contributed by atoms with Crippen molar-refractivity contribution in [2.75, 3.05) is 5.32 Å². The van der Waals surface area contributed by atoms with E-state index in [9.17, 15) is 14.9 Å². The number of nitrogens with one attached hydrogen (secondary N) is 1. The molecule has 29 heavy (non-hydrogen) atoms. The first-order chi connectivity index (χ1) is 14.0. The van der Waals surface area contributed by atoms with Crippen LogP contribution in [0.5, 0.6) is 0 Å². The Balaban J connectivity index is 1.90. The molecular weight excluding hydrogens is 368 g/mol. The molecule has 0 atom stereocenters. The maximum absolute atomic E-state index is 11.3. The predicted molar refractivity (Wildman–Crippen MR) is 113 cm³/mol. The molecule has 0 aliphatic heterocycles. The van der Waals surface area contributed by atoms with Crippen LogP contribution >= 0.6 is 0 Å². The van der Waals surface area contributed by atoms with Gasteiger partial charge in [0.2, 0.25) is 5.91 Å². The largest absolute Gasteiger partial charge is 0.324 e. The van der Waals surface area contributed by atoms with Gasteiger partial charge in [0.15, 0.2) is 0 Å². The number of carbonyl (C=O) groups excluding carboxylic acids is 1. The molecule has 7 nitrogen and oxygen atoms in total. The highest BCUT2D eigenvalue weighted by molar-refractivity contribution is 5.91. The number of azo groups is 1. The van der Waals surface area contributed by atoms with Gasteiger partial charge in [-0.1, -0.05) is 48.5 Å². The number of nitro benzene ring substituents is 1. The molecule has 0 unspecified atom stereocenters. The van der Waals surface area contributed by atoms with Crippen molar-refractivity contribution in [3.05, 3.63) is 94.0 Å². The number of carbonyl (C=O) groups is 1. The molecule has 1 amide bonds. The van der Waals surface area contributed by atoms with Gasteiger partial charge >= 0.3 is 0 Å². The van der Waals surface area contributed by atoms with Crippen molar-refractivity contribution in [1.82, 2.24) is 0 Å². The molecule has 0 heterocycles. The number of rotatable bonds is 6. The summed E-state index contributed by atoms with van der Waals surface area (Å²) in [6.45, 7) is 1.43. The smallest absolute Gasteiger partial charge is 0.276 e. The number of hydrogen-bond donors (Lipinski definition) is 1. The van der Waals surface area contributed by atoms with E-state index in [4.69, 9.17) is 0 Å². The van der Waals surface area contributed by atoms with E-state index in [1.165, 1.54) is 13.0 Å². The monoisotopic (exact) mass is 386 g/mol. The van der Waals surface area contributed by atoms with Crippen LogP contribution in [0.25, 0.3) is 12.2 Å². The summed E-state index contributed by atoms with van der Waals surface area (Å²) in [6.07, 6.45) is 3.44. The minimum atomic E-state index is -0.412. The maximum atomic E-state index is 11.3. The number of nitro groups is 1. The topological polar surface area (TPSA) is 97.0 Å². The Morgan fingerprint density at radius 1 is 0.862 bits per heavy atom. The highest BCUT2D eigenvalue weighted by atomic mass is 16.6. The molecular formula is C22H18N4O3. The van der Waals surface area contributed by atoms with E-state index in [-0.39, 0.29) is 11.6 Å². The lowest BCUT2D eigenvalue weighted by Gasteiger charge is -2.05. The van der Waals surface area contributed by atoms with Crippen molar-refractivity contribution in [3.8, 4) is 0 Å². The fraction of sp³-hybridized carbons (Fsp3) is 0.0455. The summed E-state index contributed by atoms with van der Waals surface area (Å²) in [5.74, 6) is -0.194. The van der Waals surface area contributed by atoms with E-state index in [2.05, 4.69) is 15.5 Å². The summed E-state index contributed by atoms with van der Waals surface area (Å²) in [5, 5.41) is 22.5. The van der Waals surface area contributed by atoms with E-state index in [0.29, 0.717) is 22.6 Å². The number of benzene rings is 3. The molecule has 7 heteroatoms. The third-order valence-electron chi connectivity index (χ3n) is 3.99. The predicted octanol–water partition coefficient (Wildman–Crippen LogP) is 6.14. The van der Waals surface area contributed by atoms with Gasteiger partial charge in [0.05, 0.1) is 21.9 Å². The van der Waals surface area contributed by atoms with Gasteiger partial charge in [-0.15, -0.1) is 10.2 Å². The zero-order valence-corrected chi connectivity index (χ0v) is 15.6. The maximum Gasteiger partial charge on any atom is 0.276 e. The number of amides is 1. The Bertz CT molecular complexity index is 1110. The molecule has 0 spiro atoms. The summed E-state index contributed by atoms with van der Waals surface area (Å²) in [7, 11) is 0. The zero-order chi connectivity index (χ0) is 20.6. The molecule has 0 radical (unpaired) electrons. The van der Waals surface area contributed by atoms with Crippen LogP contribution in [0.4, 0.5) is 22.7 Å². The number of para-hydroxylation sites is 2. The zero-order valence-electron chi connectivity index (χ0n) is 15.6. The molecule has 3 aromatic carbocycles. The van der Waals surface area contributed by atoms with Crippen LogP contribution in [0.3, 0.4) is 0 Å². The Kier molecular flexibility index (Phi) is 6.22. The number of nitrogens with zero attached hydrogens (tertiary/aromatic N) is 3. The summed E-state index contributed by atoms with van der Waals surface area (Å²) >= 11 is 0. The average molecular weight is 386 g/mol. The van der Waals surface area contributed by atoms with Crippen LogP contribution in [-0.4, -0.2) is 10.8 Å². The first-order valence-electron chi connectivity index (χ1n) is 8.83. The van der Waals surface area contributed by atoms with E-state index in [0.717, 1.165) is 5.56 Å². The quantitative estimate of drug-likeness (QED) is 0.238. The second-order valence-corrected chi connectivity index (χ2v) is 6.11. The van der Waals surface area contributed by atoms with Crippen molar-refractivity contribution in [1.29, 1.82) is 0 Å². The standard InChI is InChI=1S/C22H18N4O3/c1-16(27)23-20-11-5-6-12-21(20)25-24-19-10-4-2-8-17(19)14-15-18-9-3-7-13-22(18)26(28)29/h2-15H,1H3,(H,23,27)/b15-14+,25-24?. The van der Waals surface area contributed by atoms with Gasteiger partial charge in [-0.05, 0) is 30.3 Å². The summed E-state index contributed by atoms with van der Waals surface area (Å²) in [6, 6.07) is 20.9. The summed E-state index contributed by atoms with van der Waals surface area (Å²) in [4.78, 5) is 22.1. The van der Waals surface area contributed by atoms with Gasteiger partial charge in [0.1, 0.15) is 5.69 Å². The van der Waals surface area contributed by atoms with E-state index < -0.39 is 4.92 Å². The second kappa shape index (κ2) is 9.18. The van der Waals surface area contributed by atoms with Crippen molar-refractivity contribution in [2.24, 2.45) is 10.2 Å². The molecule has 0 bridgehead atoms. The SMILES string of the molecule is CC(=O)Nc1ccccc1N=Nc1ccccc1/C=C/c1ccccc1[N+](=O)[O-].